The Hall–Kier alpha value is -2.88. The van der Waals surface area contributed by atoms with Crippen molar-refractivity contribution in [2.75, 3.05) is 51.1 Å². The molecule has 1 aromatic carbocycles. The lowest BCUT2D eigenvalue weighted by Crippen LogP contribution is -2.41. The number of nitrogens with one attached hydrogen (secondary N) is 2. The molecule has 36 heavy (non-hydrogen) atoms. The smallest absolute Gasteiger partial charge is 0.229 e. The zero-order chi connectivity index (χ0) is 25.2. The Morgan fingerprint density at radius 2 is 1.94 bits per heavy atom. The minimum Gasteiger partial charge on any atom is -0.495 e. The Morgan fingerprint density at radius 1 is 1.19 bits per heavy atom. The van der Waals surface area contributed by atoms with E-state index in [0.717, 1.165) is 56.9 Å². The molecule has 1 aliphatic heterocycles. The molecule has 1 fully saturated rings. The van der Waals surface area contributed by atoms with Gasteiger partial charge in [-0.05, 0) is 54.4 Å². The normalized spacial score (nSPS) is 24.9. The largest absolute Gasteiger partial charge is 0.495 e. The molecule has 3 aliphatic rings. The summed E-state index contributed by atoms with van der Waals surface area (Å²) >= 11 is 6.44. The minimum absolute atomic E-state index is 0.138. The number of rotatable bonds is 9. The van der Waals surface area contributed by atoms with E-state index in [-0.39, 0.29) is 29.7 Å². The number of benzene rings is 1. The van der Waals surface area contributed by atoms with Crippen molar-refractivity contribution in [1.82, 2.24) is 14.9 Å². The second-order valence-corrected chi connectivity index (χ2v) is 10.1. The van der Waals surface area contributed by atoms with Gasteiger partial charge >= 0.3 is 0 Å². The van der Waals surface area contributed by atoms with E-state index >= 15 is 0 Å². The Bertz CT molecular complexity index is 1160. The van der Waals surface area contributed by atoms with E-state index in [1.54, 1.807) is 20.4 Å². The van der Waals surface area contributed by atoms with Gasteiger partial charge in [0.2, 0.25) is 11.9 Å². The summed E-state index contributed by atoms with van der Waals surface area (Å²) in [6.07, 6.45) is 8.61. The van der Waals surface area contributed by atoms with Crippen LogP contribution in [-0.4, -0.2) is 67.3 Å². The lowest BCUT2D eigenvalue weighted by molar-refractivity contribution is -0.122. The average Bonchev–Trinajstić information content (AvgIpc) is 3.42. The van der Waals surface area contributed by atoms with Crippen molar-refractivity contribution in [3.63, 3.8) is 0 Å². The molecule has 2 heterocycles. The molecule has 192 valence electrons. The number of amides is 1. The number of ether oxygens (including phenoxy) is 2. The van der Waals surface area contributed by atoms with Gasteiger partial charge in [-0.3, -0.25) is 4.79 Å². The number of carbonyl (C=O) groups is 1. The monoisotopic (exact) mass is 512 g/mol. The Kier molecular flexibility index (Phi) is 7.32. The number of primary amides is 1. The van der Waals surface area contributed by atoms with E-state index in [0.29, 0.717) is 16.8 Å². The summed E-state index contributed by atoms with van der Waals surface area (Å²) in [5, 5.41) is 7.09. The first-order valence-electron chi connectivity index (χ1n) is 12.4. The first-order valence-corrected chi connectivity index (χ1v) is 12.8. The molecular weight excluding hydrogens is 480 g/mol. The van der Waals surface area contributed by atoms with Crippen LogP contribution in [0.3, 0.4) is 0 Å². The molecule has 2 aromatic rings. The summed E-state index contributed by atoms with van der Waals surface area (Å²) in [7, 11) is 3.40. The summed E-state index contributed by atoms with van der Waals surface area (Å²) in [5.74, 6) is 1.41. The van der Waals surface area contributed by atoms with Crippen molar-refractivity contribution >= 4 is 35.0 Å². The van der Waals surface area contributed by atoms with Crippen LogP contribution in [0, 0.1) is 17.8 Å². The predicted molar refractivity (Wildman–Crippen MR) is 140 cm³/mol. The van der Waals surface area contributed by atoms with Gasteiger partial charge in [0, 0.05) is 32.8 Å². The van der Waals surface area contributed by atoms with Gasteiger partial charge < -0.3 is 30.7 Å². The SMILES string of the molecule is COCCN1CCc2cc(Nc3ncc(Cl)c(N[C@@H]4[C@H](C(N)=O)[C@H]5C=C[C@@H]4C5)n3)c(OC)cc2CC1. The van der Waals surface area contributed by atoms with Crippen LogP contribution in [0.25, 0.3) is 0 Å². The maximum absolute atomic E-state index is 12.1. The molecule has 0 unspecified atom stereocenters. The minimum atomic E-state index is -0.302. The average molecular weight is 513 g/mol. The highest BCUT2D eigenvalue weighted by Crippen LogP contribution is 2.45. The number of carbonyl (C=O) groups excluding carboxylic acids is 1. The third-order valence-corrected chi connectivity index (χ3v) is 7.89. The van der Waals surface area contributed by atoms with Gasteiger partial charge in [-0.2, -0.15) is 4.98 Å². The van der Waals surface area contributed by atoms with Crippen LogP contribution in [0.4, 0.5) is 17.5 Å². The first kappa shape index (κ1) is 24.8. The molecule has 1 saturated carbocycles. The lowest BCUT2D eigenvalue weighted by Gasteiger charge is -2.27. The lowest BCUT2D eigenvalue weighted by atomic mass is 9.88. The van der Waals surface area contributed by atoms with Gasteiger partial charge in [-0.1, -0.05) is 23.8 Å². The molecule has 0 spiro atoms. The third-order valence-electron chi connectivity index (χ3n) is 7.61. The molecule has 10 heteroatoms. The van der Waals surface area contributed by atoms with E-state index in [4.69, 9.17) is 26.8 Å². The maximum atomic E-state index is 12.1. The van der Waals surface area contributed by atoms with Crippen LogP contribution >= 0.6 is 11.6 Å². The van der Waals surface area contributed by atoms with Crippen molar-refractivity contribution in [2.45, 2.75) is 25.3 Å². The number of anilines is 3. The molecule has 2 aliphatic carbocycles. The Balaban J connectivity index is 1.35. The van der Waals surface area contributed by atoms with E-state index in [1.165, 1.54) is 11.1 Å². The number of hydrogen-bond acceptors (Lipinski definition) is 8. The number of nitrogens with zero attached hydrogens (tertiary/aromatic N) is 3. The Labute approximate surface area is 216 Å². The topological polar surface area (TPSA) is 115 Å². The molecule has 4 N–H and O–H groups in total. The van der Waals surface area contributed by atoms with Gasteiger partial charge in [0.25, 0.3) is 0 Å². The van der Waals surface area contributed by atoms with Crippen LogP contribution in [0.1, 0.15) is 17.5 Å². The number of methoxy groups -OCH3 is 2. The standard InChI is InChI=1S/C26H33ClN6O3/c1-35-10-9-33-7-5-15-12-20(21(36-2)13-16(15)6-8-33)30-26-29-14-19(27)25(32-26)31-23-18-4-3-17(11-18)22(23)24(28)34/h3-4,12-14,17-18,22-23H,5-11H2,1-2H3,(H2,28,34)(H2,29,30,31,32)/t17-,18+,22+,23-/m0/s1. The highest BCUT2D eigenvalue weighted by atomic mass is 35.5. The summed E-state index contributed by atoms with van der Waals surface area (Å²) in [5.41, 5.74) is 9.09. The van der Waals surface area contributed by atoms with Gasteiger partial charge in [0.1, 0.15) is 10.8 Å². The molecular formula is C26H33ClN6O3. The van der Waals surface area contributed by atoms with Crippen molar-refractivity contribution in [2.24, 2.45) is 23.5 Å². The zero-order valence-electron chi connectivity index (χ0n) is 20.7. The number of aromatic nitrogens is 2. The molecule has 0 radical (unpaired) electrons. The molecule has 1 aromatic heterocycles. The Morgan fingerprint density at radius 3 is 2.67 bits per heavy atom. The molecule has 0 saturated heterocycles. The number of fused-ring (bicyclic) bond motifs is 3. The van der Waals surface area contributed by atoms with Gasteiger partial charge in [0.15, 0.2) is 5.82 Å². The highest BCUT2D eigenvalue weighted by molar-refractivity contribution is 6.32. The van der Waals surface area contributed by atoms with Crippen LogP contribution in [0.5, 0.6) is 5.75 Å². The molecule has 5 rings (SSSR count). The number of hydrogen-bond donors (Lipinski definition) is 3. The molecule has 4 atom stereocenters. The van der Waals surface area contributed by atoms with E-state index in [1.807, 2.05) is 0 Å². The fourth-order valence-electron chi connectivity index (χ4n) is 5.73. The highest BCUT2D eigenvalue weighted by Gasteiger charge is 2.47. The van der Waals surface area contributed by atoms with Crippen LogP contribution in [0.15, 0.2) is 30.5 Å². The molecule has 1 amide bonds. The van der Waals surface area contributed by atoms with Gasteiger partial charge in [-0.15, -0.1) is 0 Å². The summed E-state index contributed by atoms with van der Waals surface area (Å²) < 4.78 is 10.9. The first-order chi connectivity index (χ1) is 17.5. The fraction of sp³-hybridized carbons (Fsp3) is 0.500. The quantitative estimate of drug-likeness (QED) is 0.439. The number of nitrogens with two attached hydrogens (primary N) is 1. The predicted octanol–water partition coefficient (Wildman–Crippen LogP) is 3.02. The number of allylic oxidation sites excluding steroid dienone is 1. The van der Waals surface area contributed by atoms with Crippen molar-refractivity contribution in [3.05, 3.63) is 46.6 Å². The van der Waals surface area contributed by atoms with E-state index < -0.39 is 0 Å². The fourth-order valence-corrected chi connectivity index (χ4v) is 5.87. The van der Waals surface area contributed by atoms with Gasteiger partial charge in [0.05, 0.1) is 31.5 Å². The zero-order valence-corrected chi connectivity index (χ0v) is 21.4. The number of halogens is 1. The third kappa shape index (κ3) is 5.00. The van der Waals surface area contributed by atoms with Gasteiger partial charge in [-0.25, -0.2) is 4.98 Å². The summed E-state index contributed by atoms with van der Waals surface area (Å²) in [6.45, 7) is 3.63. The maximum Gasteiger partial charge on any atom is 0.229 e. The molecule has 2 bridgehead atoms. The van der Waals surface area contributed by atoms with Crippen molar-refractivity contribution in [1.29, 1.82) is 0 Å². The van der Waals surface area contributed by atoms with E-state index in [2.05, 4.69) is 49.8 Å². The van der Waals surface area contributed by atoms with Crippen LogP contribution in [-0.2, 0) is 22.4 Å². The summed E-state index contributed by atoms with van der Waals surface area (Å²) in [6, 6.07) is 4.09. The van der Waals surface area contributed by atoms with Crippen LogP contribution < -0.4 is 21.1 Å². The van der Waals surface area contributed by atoms with Crippen molar-refractivity contribution in [3.8, 4) is 5.75 Å². The molecule has 9 nitrogen and oxygen atoms in total. The van der Waals surface area contributed by atoms with Crippen molar-refractivity contribution < 1.29 is 14.3 Å². The second-order valence-electron chi connectivity index (χ2n) is 9.72. The van der Waals surface area contributed by atoms with E-state index in [9.17, 15) is 4.79 Å². The second kappa shape index (κ2) is 10.6. The van der Waals surface area contributed by atoms with Crippen LogP contribution in [0.2, 0.25) is 5.02 Å². The summed E-state index contributed by atoms with van der Waals surface area (Å²) in [4.78, 5) is 23.6.